The van der Waals surface area contributed by atoms with Crippen LogP contribution in [0, 0.1) is 17.3 Å². The van der Waals surface area contributed by atoms with Gasteiger partial charge in [0, 0.05) is 22.5 Å². The molecule has 106 valence electrons. The van der Waals surface area contributed by atoms with Crippen LogP contribution in [-0.2, 0) is 9.59 Å². The maximum absolute atomic E-state index is 12.6. The Balaban J connectivity index is 2.23. The van der Waals surface area contributed by atoms with Crippen molar-refractivity contribution in [3.8, 4) is 0 Å². The molecule has 0 amide bonds. The Morgan fingerprint density at radius 1 is 1.37 bits per heavy atom. The van der Waals surface area contributed by atoms with E-state index in [1.165, 1.54) is 11.8 Å². The number of allylic oxidation sites excluding steroid dienone is 2. The lowest BCUT2D eigenvalue weighted by atomic mass is 9.71. The van der Waals surface area contributed by atoms with Crippen LogP contribution in [0.5, 0.6) is 0 Å². The zero-order valence-electron chi connectivity index (χ0n) is 12.4. The fourth-order valence-electron chi connectivity index (χ4n) is 3.38. The molecule has 0 aromatic carbocycles. The van der Waals surface area contributed by atoms with E-state index in [1.807, 2.05) is 0 Å². The number of hydrogen-bond donors (Lipinski definition) is 0. The van der Waals surface area contributed by atoms with E-state index in [-0.39, 0.29) is 27.1 Å². The SMILES string of the molecule is CC(C)(C)SC(=O)[C@@H]1CC=CC[C@@]2(C)C(=O)CC[C@H]12. The first-order valence-electron chi connectivity index (χ1n) is 7.15. The van der Waals surface area contributed by atoms with Crippen molar-refractivity contribution in [2.45, 2.75) is 58.1 Å². The molecule has 0 aromatic heterocycles. The highest BCUT2D eigenvalue weighted by atomic mass is 32.2. The lowest BCUT2D eigenvalue weighted by Crippen LogP contribution is -2.35. The van der Waals surface area contributed by atoms with Crippen molar-refractivity contribution in [1.29, 1.82) is 0 Å². The first kappa shape index (κ1) is 14.8. The molecule has 0 unspecified atom stereocenters. The van der Waals surface area contributed by atoms with Gasteiger partial charge in [-0.1, -0.05) is 51.6 Å². The number of Topliss-reactive ketones (excluding diaryl/α,β-unsaturated/α-hetero) is 1. The third-order valence-electron chi connectivity index (χ3n) is 4.43. The molecule has 1 fully saturated rings. The number of carbonyl (C=O) groups is 2. The van der Waals surface area contributed by atoms with Gasteiger partial charge in [-0.15, -0.1) is 0 Å². The summed E-state index contributed by atoms with van der Waals surface area (Å²) in [4.78, 5) is 24.8. The predicted molar refractivity (Wildman–Crippen MR) is 80.1 cm³/mol. The Bertz CT molecular complexity index is 419. The van der Waals surface area contributed by atoms with Crippen LogP contribution in [0.2, 0.25) is 0 Å². The summed E-state index contributed by atoms with van der Waals surface area (Å²) in [5.41, 5.74) is -0.300. The van der Waals surface area contributed by atoms with Crippen molar-refractivity contribution in [2.75, 3.05) is 0 Å². The van der Waals surface area contributed by atoms with Crippen LogP contribution in [0.1, 0.15) is 53.4 Å². The van der Waals surface area contributed by atoms with Gasteiger partial charge in [0.05, 0.1) is 0 Å². The van der Waals surface area contributed by atoms with E-state index in [2.05, 4.69) is 39.8 Å². The smallest absolute Gasteiger partial charge is 0.193 e. The van der Waals surface area contributed by atoms with E-state index in [9.17, 15) is 9.59 Å². The zero-order chi connectivity index (χ0) is 14.3. The largest absolute Gasteiger partial charge is 0.299 e. The van der Waals surface area contributed by atoms with E-state index in [4.69, 9.17) is 0 Å². The monoisotopic (exact) mass is 280 g/mol. The van der Waals surface area contributed by atoms with Gasteiger partial charge in [-0.2, -0.15) is 0 Å². The Labute approximate surface area is 120 Å². The molecule has 0 radical (unpaired) electrons. The standard InChI is InChI=1S/C16H24O2S/c1-15(2,3)19-14(18)11-7-5-6-10-16(4)12(11)8-9-13(16)17/h5-6,11-12H,7-10H2,1-4H3/t11-,12-,16-/m1/s1. The summed E-state index contributed by atoms with van der Waals surface area (Å²) in [6.07, 6.45) is 7.35. The highest BCUT2D eigenvalue weighted by molar-refractivity contribution is 8.14. The molecule has 0 bridgehead atoms. The highest BCUT2D eigenvalue weighted by Crippen LogP contribution is 2.51. The van der Waals surface area contributed by atoms with Crippen molar-refractivity contribution in [3.63, 3.8) is 0 Å². The van der Waals surface area contributed by atoms with Crippen molar-refractivity contribution in [1.82, 2.24) is 0 Å². The van der Waals surface area contributed by atoms with Gasteiger partial charge in [0.25, 0.3) is 0 Å². The van der Waals surface area contributed by atoms with Gasteiger partial charge in [0.1, 0.15) is 5.78 Å². The second-order valence-electron chi connectivity index (χ2n) is 7.04. The predicted octanol–water partition coefficient (Wildman–Crippen LogP) is 4.00. The van der Waals surface area contributed by atoms with Crippen LogP contribution >= 0.6 is 11.8 Å². The number of hydrogen-bond acceptors (Lipinski definition) is 3. The van der Waals surface area contributed by atoms with Crippen LogP contribution in [0.3, 0.4) is 0 Å². The summed E-state index contributed by atoms with van der Waals surface area (Å²) >= 11 is 1.44. The average molecular weight is 280 g/mol. The van der Waals surface area contributed by atoms with Crippen molar-refractivity contribution in [2.24, 2.45) is 17.3 Å². The number of rotatable bonds is 1. The van der Waals surface area contributed by atoms with Gasteiger partial charge in [-0.3, -0.25) is 9.59 Å². The van der Waals surface area contributed by atoms with Gasteiger partial charge in [-0.25, -0.2) is 0 Å². The molecule has 2 aliphatic carbocycles. The third-order valence-corrected chi connectivity index (χ3v) is 5.55. The maximum atomic E-state index is 12.6. The fraction of sp³-hybridized carbons (Fsp3) is 0.750. The molecule has 0 N–H and O–H groups in total. The first-order chi connectivity index (χ1) is 8.74. The molecule has 0 aromatic rings. The maximum Gasteiger partial charge on any atom is 0.193 e. The van der Waals surface area contributed by atoms with Crippen LogP contribution < -0.4 is 0 Å². The molecule has 2 rings (SSSR count). The van der Waals surface area contributed by atoms with Crippen molar-refractivity contribution < 1.29 is 9.59 Å². The Morgan fingerprint density at radius 2 is 2.05 bits per heavy atom. The van der Waals surface area contributed by atoms with Gasteiger partial charge in [0.15, 0.2) is 5.12 Å². The van der Waals surface area contributed by atoms with E-state index < -0.39 is 0 Å². The lowest BCUT2D eigenvalue weighted by molar-refractivity contribution is -0.127. The molecule has 0 heterocycles. The molecule has 19 heavy (non-hydrogen) atoms. The molecule has 2 aliphatic rings. The molecule has 2 nitrogen and oxygen atoms in total. The number of carbonyl (C=O) groups excluding carboxylic acids is 2. The van der Waals surface area contributed by atoms with E-state index in [0.717, 1.165) is 19.3 Å². The van der Waals surface area contributed by atoms with Crippen molar-refractivity contribution in [3.05, 3.63) is 12.2 Å². The summed E-state index contributed by atoms with van der Waals surface area (Å²) in [5, 5.41) is 0.268. The number of fused-ring (bicyclic) bond motifs is 1. The summed E-state index contributed by atoms with van der Waals surface area (Å²) in [6.45, 7) is 8.27. The van der Waals surface area contributed by atoms with E-state index in [1.54, 1.807) is 0 Å². The van der Waals surface area contributed by atoms with Crippen LogP contribution in [0.15, 0.2) is 12.2 Å². The minimum atomic E-state index is -0.300. The van der Waals surface area contributed by atoms with Crippen molar-refractivity contribution >= 4 is 22.7 Å². The topological polar surface area (TPSA) is 34.1 Å². The Kier molecular flexibility index (Phi) is 3.97. The molecule has 1 saturated carbocycles. The summed E-state index contributed by atoms with van der Waals surface area (Å²) in [5.74, 6) is 0.597. The highest BCUT2D eigenvalue weighted by Gasteiger charge is 2.50. The number of thioether (sulfide) groups is 1. The fourth-order valence-corrected chi connectivity index (χ4v) is 4.40. The quantitative estimate of drug-likeness (QED) is 0.681. The summed E-state index contributed by atoms with van der Waals surface area (Å²) in [6, 6.07) is 0. The first-order valence-corrected chi connectivity index (χ1v) is 7.97. The average Bonchev–Trinajstić information content (AvgIpc) is 2.46. The second-order valence-corrected chi connectivity index (χ2v) is 8.87. The number of ketones is 1. The Morgan fingerprint density at radius 3 is 2.68 bits per heavy atom. The van der Waals surface area contributed by atoms with Crippen LogP contribution in [0.25, 0.3) is 0 Å². The minimum absolute atomic E-state index is 0.0134. The second kappa shape index (κ2) is 5.08. The molecule has 3 heteroatoms. The molecular weight excluding hydrogens is 256 g/mol. The van der Waals surface area contributed by atoms with Crippen LogP contribution in [-0.4, -0.2) is 15.6 Å². The van der Waals surface area contributed by atoms with Crippen LogP contribution in [0.4, 0.5) is 0 Å². The summed E-state index contributed by atoms with van der Waals surface area (Å²) < 4.78 is -0.0495. The van der Waals surface area contributed by atoms with Gasteiger partial charge >= 0.3 is 0 Å². The van der Waals surface area contributed by atoms with E-state index >= 15 is 0 Å². The molecule has 0 aliphatic heterocycles. The molecule has 0 saturated heterocycles. The molecular formula is C16H24O2S. The van der Waals surface area contributed by atoms with Gasteiger partial charge in [0.2, 0.25) is 0 Å². The zero-order valence-corrected chi connectivity index (χ0v) is 13.2. The summed E-state index contributed by atoms with van der Waals surface area (Å²) in [7, 11) is 0. The Hall–Kier alpha value is -0.570. The van der Waals surface area contributed by atoms with Gasteiger partial charge in [-0.05, 0) is 25.2 Å². The molecule has 3 atom stereocenters. The minimum Gasteiger partial charge on any atom is -0.299 e. The normalized spacial score (nSPS) is 35.1. The molecule has 0 spiro atoms. The third kappa shape index (κ3) is 2.96. The lowest BCUT2D eigenvalue weighted by Gasteiger charge is -2.33. The van der Waals surface area contributed by atoms with Gasteiger partial charge < -0.3 is 0 Å². The van der Waals surface area contributed by atoms with E-state index in [0.29, 0.717) is 12.2 Å².